The second-order valence-electron chi connectivity index (χ2n) is 5.99. The highest BCUT2D eigenvalue weighted by molar-refractivity contribution is 5.79. The van der Waals surface area contributed by atoms with Crippen LogP contribution in [0, 0.1) is 12.8 Å². The van der Waals surface area contributed by atoms with Crippen molar-refractivity contribution in [1.82, 2.24) is 5.32 Å². The molecule has 0 heterocycles. The molecule has 0 atom stereocenters. The standard InChI is InChI=1S/C17H25NO2/c1-12-4-7-15(8-5-12)18-17(19)11-14-6-9-16(20-3)10-13(14)2/h6,9-10,12,15H,4-5,7-8,11H2,1-3H3,(H,18,19). The summed E-state index contributed by atoms with van der Waals surface area (Å²) in [5.74, 6) is 1.79. The molecular formula is C17H25NO2. The van der Waals surface area contributed by atoms with Crippen LogP contribution in [0.3, 0.4) is 0 Å². The van der Waals surface area contributed by atoms with Crippen LogP contribution in [0.5, 0.6) is 5.75 Å². The van der Waals surface area contributed by atoms with E-state index in [2.05, 4.69) is 12.2 Å². The Labute approximate surface area is 121 Å². The molecular weight excluding hydrogens is 250 g/mol. The van der Waals surface area contributed by atoms with E-state index in [0.717, 1.165) is 35.6 Å². The molecule has 20 heavy (non-hydrogen) atoms. The molecule has 0 unspecified atom stereocenters. The zero-order valence-corrected chi connectivity index (χ0v) is 12.7. The zero-order valence-electron chi connectivity index (χ0n) is 12.7. The summed E-state index contributed by atoms with van der Waals surface area (Å²) in [4.78, 5) is 12.1. The first-order valence-electron chi connectivity index (χ1n) is 7.51. The maximum Gasteiger partial charge on any atom is 0.224 e. The highest BCUT2D eigenvalue weighted by Gasteiger charge is 2.19. The van der Waals surface area contributed by atoms with Crippen LogP contribution in [-0.4, -0.2) is 19.1 Å². The molecule has 2 rings (SSSR count). The summed E-state index contributed by atoms with van der Waals surface area (Å²) in [6, 6.07) is 6.25. The highest BCUT2D eigenvalue weighted by atomic mass is 16.5. The summed E-state index contributed by atoms with van der Waals surface area (Å²) in [6.45, 7) is 4.31. The van der Waals surface area contributed by atoms with Crippen molar-refractivity contribution in [3.63, 3.8) is 0 Å². The third-order valence-electron chi connectivity index (χ3n) is 4.28. The van der Waals surface area contributed by atoms with Gasteiger partial charge in [-0.25, -0.2) is 0 Å². The Bertz CT molecular complexity index is 462. The van der Waals surface area contributed by atoms with Crippen LogP contribution in [0.25, 0.3) is 0 Å². The highest BCUT2D eigenvalue weighted by Crippen LogP contribution is 2.23. The molecule has 1 saturated carbocycles. The van der Waals surface area contributed by atoms with Crippen molar-refractivity contribution in [2.45, 2.75) is 52.0 Å². The van der Waals surface area contributed by atoms with Gasteiger partial charge in [0.1, 0.15) is 5.75 Å². The topological polar surface area (TPSA) is 38.3 Å². The molecule has 1 aromatic carbocycles. The van der Waals surface area contributed by atoms with E-state index in [-0.39, 0.29) is 5.91 Å². The Hall–Kier alpha value is -1.51. The molecule has 110 valence electrons. The summed E-state index contributed by atoms with van der Waals surface area (Å²) in [6.07, 6.45) is 5.16. The minimum atomic E-state index is 0.137. The lowest BCUT2D eigenvalue weighted by Crippen LogP contribution is -2.38. The van der Waals surface area contributed by atoms with Crippen LogP contribution in [-0.2, 0) is 11.2 Å². The van der Waals surface area contributed by atoms with Crippen LogP contribution in [0.1, 0.15) is 43.7 Å². The lowest BCUT2D eigenvalue weighted by Gasteiger charge is -2.27. The maximum atomic E-state index is 12.1. The number of hydrogen-bond donors (Lipinski definition) is 1. The predicted octanol–water partition coefficient (Wildman–Crippen LogP) is 3.24. The average Bonchev–Trinajstić information content (AvgIpc) is 2.43. The predicted molar refractivity (Wildman–Crippen MR) is 81.0 cm³/mol. The molecule has 0 aromatic heterocycles. The number of aryl methyl sites for hydroxylation is 1. The van der Waals surface area contributed by atoms with Crippen molar-refractivity contribution < 1.29 is 9.53 Å². The monoisotopic (exact) mass is 275 g/mol. The third kappa shape index (κ3) is 3.99. The lowest BCUT2D eigenvalue weighted by molar-refractivity contribution is -0.121. The normalized spacial score (nSPS) is 22.4. The molecule has 3 heteroatoms. The first-order chi connectivity index (χ1) is 9.58. The van der Waals surface area contributed by atoms with Crippen molar-refractivity contribution in [3.8, 4) is 5.75 Å². The van der Waals surface area contributed by atoms with Gasteiger partial charge in [-0.3, -0.25) is 4.79 Å². The number of ether oxygens (including phenoxy) is 1. The van der Waals surface area contributed by atoms with Crippen LogP contribution in [0.2, 0.25) is 0 Å². The van der Waals surface area contributed by atoms with Gasteiger partial charge < -0.3 is 10.1 Å². The Kier molecular flexibility index (Phi) is 5.05. The van der Waals surface area contributed by atoms with Gasteiger partial charge in [-0.15, -0.1) is 0 Å². The molecule has 1 aliphatic rings. The molecule has 0 spiro atoms. The average molecular weight is 275 g/mol. The van der Waals surface area contributed by atoms with Crippen molar-refractivity contribution in [3.05, 3.63) is 29.3 Å². The molecule has 3 nitrogen and oxygen atoms in total. The first-order valence-corrected chi connectivity index (χ1v) is 7.51. The molecule has 1 aliphatic carbocycles. The second kappa shape index (κ2) is 6.78. The van der Waals surface area contributed by atoms with Gasteiger partial charge >= 0.3 is 0 Å². The molecule has 1 N–H and O–H groups in total. The largest absolute Gasteiger partial charge is 0.497 e. The number of carbonyl (C=O) groups excluding carboxylic acids is 1. The van der Waals surface area contributed by atoms with E-state index in [4.69, 9.17) is 4.74 Å². The van der Waals surface area contributed by atoms with Gasteiger partial charge in [0.05, 0.1) is 13.5 Å². The molecule has 0 bridgehead atoms. The number of benzene rings is 1. The van der Waals surface area contributed by atoms with E-state index in [0.29, 0.717) is 12.5 Å². The van der Waals surface area contributed by atoms with Crippen molar-refractivity contribution in [2.75, 3.05) is 7.11 Å². The van der Waals surface area contributed by atoms with Crippen molar-refractivity contribution >= 4 is 5.91 Å². The number of methoxy groups -OCH3 is 1. The van der Waals surface area contributed by atoms with E-state index in [1.165, 1.54) is 12.8 Å². The van der Waals surface area contributed by atoms with Crippen LogP contribution >= 0.6 is 0 Å². The van der Waals surface area contributed by atoms with E-state index in [1.54, 1.807) is 7.11 Å². The van der Waals surface area contributed by atoms with Gasteiger partial charge in [-0.05, 0) is 61.8 Å². The first kappa shape index (κ1) is 14.9. The minimum absolute atomic E-state index is 0.137. The van der Waals surface area contributed by atoms with Gasteiger partial charge in [0, 0.05) is 6.04 Å². The van der Waals surface area contributed by atoms with Gasteiger partial charge in [0.15, 0.2) is 0 Å². The number of amides is 1. The summed E-state index contributed by atoms with van der Waals surface area (Å²) in [5.41, 5.74) is 2.18. The smallest absolute Gasteiger partial charge is 0.224 e. The van der Waals surface area contributed by atoms with Gasteiger partial charge in [-0.2, -0.15) is 0 Å². The van der Waals surface area contributed by atoms with E-state index in [9.17, 15) is 4.79 Å². The fourth-order valence-electron chi connectivity index (χ4n) is 2.85. The van der Waals surface area contributed by atoms with E-state index >= 15 is 0 Å². The summed E-state index contributed by atoms with van der Waals surface area (Å²) < 4.78 is 5.19. The Balaban J connectivity index is 1.88. The van der Waals surface area contributed by atoms with E-state index in [1.807, 2.05) is 25.1 Å². The molecule has 1 fully saturated rings. The number of rotatable bonds is 4. The van der Waals surface area contributed by atoms with Gasteiger partial charge in [0.25, 0.3) is 0 Å². The second-order valence-corrected chi connectivity index (χ2v) is 5.99. The Morgan fingerprint density at radius 2 is 2.00 bits per heavy atom. The maximum absolute atomic E-state index is 12.1. The Morgan fingerprint density at radius 1 is 1.30 bits per heavy atom. The summed E-state index contributed by atoms with van der Waals surface area (Å²) in [7, 11) is 1.66. The Morgan fingerprint density at radius 3 is 2.60 bits per heavy atom. The van der Waals surface area contributed by atoms with Crippen LogP contribution in [0.15, 0.2) is 18.2 Å². The van der Waals surface area contributed by atoms with Crippen LogP contribution < -0.4 is 10.1 Å². The number of nitrogens with one attached hydrogen (secondary N) is 1. The molecule has 0 radical (unpaired) electrons. The number of carbonyl (C=O) groups is 1. The SMILES string of the molecule is COc1ccc(CC(=O)NC2CCC(C)CC2)c(C)c1. The third-order valence-corrected chi connectivity index (χ3v) is 4.28. The molecule has 1 aromatic rings. The van der Waals surface area contributed by atoms with E-state index < -0.39 is 0 Å². The zero-order chi connectivity index (χ0) is 14.5. The lowest BCUT2D eigenvalue weighted by atomic mass is 9.87. The molecule has 0 aliphatic heterocycles. The summed E-state index contributed by atoms with van der Waals surface area (Å²) in [5, 5.41) is 3.17. The quantitative estimate of drug-likeness (QED) is 0.916. The van der Waals surface area contributed by atoms with Gasteiger partial charge in [0.2, 0.25) is 5.91 Å². The minimum Gasteiger partial charge on any atom is -0.497 e. The number of hydrogen-bond acceptors (Lipinski definition) is 2. The molecule has 1 amide bonds. The molecule has 0 saturated heterocycles. The van der Waals surface area contributed by atoms with Crippen LogP contribution in [0.4, 0.5) is 0 Å². The summed E-state index contributed by atoms with van der Waals surface area (Å²) >= 11 is 0. The fourth-order valence-corrected chi connectivity index (χ4v) is 2.85. The van der Waals surface area contributed by atoms with Crippen molar-refractivity contribution in [2.24, 2.45) is 5.92 Å². The van der Waals surface area contributed by atoms with Gasteiger partial charge in [-0.1, -0.05) is 13.0 Å². The fraction of sp³-hybridized carbons (Fsp3) is 0.588. The van der Waals surface area contributed by atoms with Crippen molar-refractivity contribution in [1.29, 1.82) is 0 Å².